The van der Waals surface area contributed by atoms with Crippen molar-refractivity contribution in [2.24, 2.45) is 0 Å². The van der Waals surface area contributed by atoms with E-state index < -0.39 is 0 Å². The average Bonchev–Trinajstić information content (AvgIpc) is 2.91. The van der Waals surface area contributed by atoms with Crippen molar-refractivity contribution < 1.29 is 4.79 Å². The number of hydrogen-bond donors (Lipinski definition) is 1. The van der Waals surface area contributed by atoms with E-state index in [2.05, 4.69) is 10.3 Å². The minimum absolute atomic E-state index is 0.0886. The molecule has 130 valence electrons. The van der Waals surface area contributed by atoms with Gasteiger partial charge in [-0.2, -0.15) is 0 Å². The molecule has 1 N–H and O–H groups in total. The summed E-state index contributed by atoms with van der Waals surface area (Å²) in [4.78, 5) is 19.6. The van der Waals surface area contributed by atoms with Crippen LogP contribution in [0.5, 0.6) is 0 Å². The van der Waals surface area contributed by atoms with E-state index in [9.17, 15) is 4.79 Å². The molecule has 1 atom stereocenters. The van der Waals surface area contributed by atoms with E-state index in [0.29, 0.717) is 5.56 Å². The zero-order chi connectivity index (χ0) is 17.4. The molecule has 4 nitrogen and oxygen atoms in total. The molecule has 1 fully saturated rings. The molecule has 1 aromatic heterocycles. The van der Waals surface area contributed by atoms with Crippen molar-refractivity contribution in [2.75, 3.05) is 5.32 Å². The highest BCUT2D eigenvalue weighted by atomic mass is 35.5. The van der Waals surface area contributed by atoms with E-state index >= 15 is 0 Å². The van der Waals surface area contributed by atoms with Gasteiger partial charge in [0.1, 0.15) is 6.17 Å². The van der Waals surface area contributed by atoms with Crippen molar-refractivity contribution in [3.05, 3.63) is 58.4 Å². The Morgan fingerprint density at radius 3 is 2.76 bits per heavy atom. The van der Waals surface area contributed by atoms with Crippen LogP contribution in [-0.2, 0) is 0 Å². The van der Waals surface area contributed by atoms with Crippen molar-refractivity contribution in [1.82, 2.24) is 9.88 Å². The quantitative estimate of drug-likeness (QED) is 0.847. The van der Waals surface area contributed by atoms with Gasteiger partial charge in [0.25, 0.3) is 5.91 Å². The normalized spacial score (nSPS) is 20.6. The first-order valence-corrected chi connectivity index (χ1v) is 9.33. The van der Waals surface area contributed by atoms with Gasteiger partial charge in [-0.15, -0.1) is 0 Å². The van der Waals surface area contributed by atoms with Gasteiger partial charge in [0.2, 0.25) is 0 Å². The molecule has 2 heterocycles. The Kier molecular flexibility index (Phi) is 4.38. The standard InChI is InChI=1S/C20H22ClN3O/c1-13-9-10-14(12-17(13)21)23-19-18-16(8-5-11-22-18)20(25)24(19)15-6-3-2-4-7-15/h5,8-12,15,19,23H,2-4,6-7H2,1H3. The van der Waals surface area contributed by atoms with Gasteiger partial charge in [0.15, 0.2) is 0 Å². The molecule has 5 heteroatoms. The minimum Gasteiger partial charge on any atom is -0.360 e. The summed E-state index contributed by atoms with van der Waals surface area (Å²) in [7, 11) is 0. The summed E-state index contributed by atoms with van der Waals surface area (Å²) in [6, 6.07) is 9.90. The van der Waals surface area contributed by atoms with Crippen molar-refractivity contribution in [2.45, 2.75) is 51.2 Å². The fourth-order valence-corrected chi connectivity index (χ4v) is 4.10. The maximum absolute atomic E-state index is 13.0. The van der Waals surface area contributed by atoms with Gasteiger partial charge in [-0.3, -0.25) is 9.78 Å². The number of amides is 1. The number of carbonyl (C=O) groups excluding carboxylic acids is 1. The van der Waals surface area contributed by atoms with Gasteiger partial charge in [-0.1, -0.05) is 36.9 Å². The number of fused-ring (bicyclic) bond motifs is 1. The highest BCUT2D eigenvalue weighted by Gasteiger charge is 2.42. The van der Waals surface area contributed by atoms with Gasteiger partial charge in [-0.25, -0.2) is 0 Å². The monoisotopic (exact) mass is 355 g/mol. The van der Waals surface area contributed by atoms with E-state index in [0.717, 1.165) is 34.8 Å². The Morgan fingerprint density at radius 1 is 1.20 bits per heavy atom. The second kappa shape index (κ2) is 6.68. The number of rotatable bonds is 3. The Morgan fingerprint density at radius 2 is 2.00 bits per heavy atom. The molecule has 0 spiro atoms. The molecular weight excluding hydrogens is 334 g/mol. The summed E-state index contributed by atoms with van der Waals surface area (Å²) in [5.74, 6) is 0.0886. The molecule has 1 unspecified atom stereocenters. The first kappa shape index (κ1) is 16.4. The SMILES string of the molecule is Cc1ccc(NC2c3ncccc3C(=O)N2C2CCCCC2)cc1Cl. The van der Waals surface area contributed by atoms with Crippen LogP contribution in [0.4, 0.5) is 5.69 Å². The predicted molar refractivity (Wildman–Crippen MR) is 99.8 cm³/mol. The lowest BCUT2D eigenvalue weighted by Crippen LogP contribution is -2.42. The Balaban J connectivity index is 1.69. The van der Waals surface area contributed by atoms with Gasteiger partial charge in [0.05, 0.1) is 11.3 Å². The molecule has 1 amide bonds. The molecule has 1 aliphatic heterocycles. The molecule has 1 aliphatic carbocycles. The fraction of sp³-hybridized carbons (Fsp3) is 0.400. The summed E-state index contributed by atoms with van der Waals surface area (Å²) >= 11 is 6.28. The molecule has 0 saturated heterocycles. The van der Waals surface area contributed by atoms with Gasteiger partial charge in [-0.05, 0) is 49.6 Å². The number of hydrogen-bond acceptors (Lipinski definition) is 3. The lowest BCUT2D eigenvalue weighted by atomic mass is 9.94. The number of pyridine rings is 1. The number of benzene rings is 1. The van der Waals surface area contributed by atoms with Crippen LogP contribution in [0.3, 0.4) is 0 Å². The molecule has 0 radical (unpaired) electrons. The van der Waals surface area contributed by atoms with E-state index in [1.807, 2.05) is 42.2 Å². The van der Waals surface area contributed by atoms with Crippen molar-refractivity contribution in [3.8, 4) is 0 Å². The molecule has 1 saturated carbocycles. The third-order valence-corrected chi connectivity index (χ3v) is 5.69. The Labute approximate surface area is 153 Å². The second-order valence-electron chi connectivity index (χ2n) is 6.95. The summed E-state index contributed by atoms with van der Waals surface area (Å²) in [5, 5.41) is 4.22. The average molecular weight is 356 g/mol. The molecule has 2 aliphatic rings. The number of nitrogens with zero attached hydrogens (tertiary/aromatic N) is 2. The van der Waals surface area contributed by atoms with Gasteiger partial charge in [0, 0.05) is 22.9 Å². The van der Waals surface area contributed by atoms with E-state index in [1.165, 1.54) is 19.3 Å². The zero-order valence-corrected chi connectivity index (χ0v) is 15.1. The Hall–Kier alpha value is -2.07. The van der Waals surface area contributed by atoms with Crippen LogP contribution in [0.2, 0.25) is 5.02 Å². The van der Waals surface area contributed by atoms with Crippen LogP contribution >= 0.6 is 11.6 Å². The first-order valence-electron chi connectivity index (χ1n) is 8.95. The maximum Gasteiger partial charge on any atom is 0.258 e. The smallest absolute Gasteiger partial charge is 0.258 e. The molecular formula is C20H22ClN3O. The molecule has 2 aromatic rings. The number of aromatic nitrogens is 1. The van der Waals surface area contributed by atoms with Crippen molar-refractivity contribution in [1.29, 1.82) is 0 Å². The summed E-state index contributed by atoms with van der Waals surface area (Å²) in [6.07, 6.45) is 7.27. The maximum atomic E-state index is 13.0. The number of anilines is 1. The second-order valence-corrected chi connectivity index (χ2v) is 7.36. The van der Waals surface area contributed by atoms with Crippen LogP contribution in [-0.4, -0.2) is 21.8 Å². The van der Waals surface area contributed by atoms with E-state index in [1.54, 1.807) is 6.20 Å². The van der Waals surface area contributed by atoms with Gasteiger partial charge >= 0.3 is 0 Å². The summed E-state index contributed by atoms with van der Waals surface area (Å²) in [5.41, 5.74) is 3.48. The van der Waals surface area contributed by atoms with Crippen LogP contribution in [0.25, 0.3) is 0 Å². The fourth-order valence-electron chi connectivity index (χ4n) is 3.92. The van der Waals surface area contributed by atoms with Crippen molar-refractivity contribution >= 4 is 23.2 Å². The highest BCUT2D eigenvalue weighted by Crippen LogP contribution is 2.38. The van der Waals surface area contributed by atoms with E-state index in [4.69, 9.17) is 11.6 Å². The largest absolute Gasteiger partial charge is 0.360 e. The molecule has 25 heavy (non-hydrogen) atoms. The summed E-state index contributed by atoms with van der Waals surface area (Å²) < 4.78 is 0. The van der Waals surface area contributed by atoms with Crippen LogP contribution in [0, 0.1) is 6.92 Å². The molecule has 1 aromatic carbocycles. The Bertz CT molecular complexity index is 801. The van der Waals surface area contributed by atoms with Crippen LogP contribution in [0.15, 0.2) is 36.5 Å². The number of aryl methyl sites for hydroxylation is 1. The number of halogens is 1. The highest BCUT2D eigenvalue weighted by molar-refractivity contribution is 6.31. The predicted octanol–water partition coefficient (Wildman–Crippen LogP) is 4.94. The molecule has 4 rings (SSSR count). The first-order chi connectivity index (χ1) is 12.1. The lowest BCUT2D eigenvalue weighted by molar-refractivity contribution is 0.0599. The number of carbonyl (C=O) groups is 1. The lowest BCUT2D eigenvalue weighted by Gasteiger charge is -2.36. The zero-order valence-electron chi connectivity index (χ0n) is 14.3. The van der Waals surface area contributed by atoms with Crippen molar-refractivity contribution in [3.63, 3.8) is 0 Å². The third kappa shape index (κ3) is 2.99. The minimum atomic E-state index is -0.231. The summed E-state index contributed by atoms with van der Waals surface area (Å²) in [6.45, 7) is 1.98. The van der Waals surface area contributed by atoms with Gasteiger partial charge < -0.3 is 10.2 Å². The van der Waals surface area contributed by atoms with Crippen LogP contribution in [0.1, 0.15) is 59.9 Å². The number of nitrogens with one attached hydrogen (secondary N) is 1. The van der Waals surface area contributed by atoms with Crippen LogP contribution < -0.4 is 5.32 Å². The topological polar surface area (TPSA) is 45.2 Å². The molecule has 0 bridgehead atoms. The third-order valence-electron chi connectivity index (χ3n) is 5.28. The van der Waals surface area contributed by atoms with E-state index in [-0.39, 0.29) is 18.1 Å².